The van der Waals surface area contributed by atoms with E-state index in [1.165, 1.54) is 17.3 Å². The molecule has 0 saturated carbocycles. The van der Waals surface area contributed by atoms with Gasteiger partial charge in [-0.05, 0) is 54.9 Å². The molecule has 140 valence electrons. The fraction of sp³-hybridized carbons (Fsp3) is 0.190. The first-order valence-corrected chi connectivity index (χ1v) is 9.08. The van der Waals surface area contributed by atoms with Crippen LogP contribution in [0.1, 0.15) is 16.7 Å². The number of rotatable bonds is 4. The molecule has 7 nitrogen and oxygen atoms in total. The van der Waals surface area contributed by atoms with Crippen molar-refractivity contribution in [2.45, 2.75) is 13.0 Å². The van der Waals surface area contributed by atoms with Gasteiger partial charge in [0.15, 0.2) is 5.82 Å². The van der Waals surface area contributed by atoms with Gasteiger partial charge in [-0.25, -0.2) is 4.98 Å². The number of hydrogen-bond acceptors (Lipinski definition) is 7. The number of nitrogens with two attached hydrogens (primary N) is 1. The molecule has 0 aliphatic carbocycles. The van der Waals surface area contributed by atoms with E-state index >= 15 is 0 Å². The molecular formula is C21H21N7. The summed E-state index contributed by atoms with van der Waals surface area (Å²) in [5.41, 5.74) is 11.2. The highest BCUT2D eigenvalue weighted by atomic mass is 15.1. The first kappa shape index (κ1) is 17.8. The van der Waals surface area contributed by atoms with E-state index < -0.39 is 0 Å². The molecule has 0 atom stereocenters. The summed E-state index contributed by atoms with van der Waals surface area (Å²) in [4.78, 5) is 11.1. The molecule has 0 radical (unpaired) electrons. The predicted octanol–water partition coefficient (Wildman–Crippen LogP) is 3.41. The molecule has 3 aromatic rings. The molecule has 28 heavy (non-hydrogen) atoms. The second-order valence-corrected chi connectivity index (χ2v) is 6.91. The molecule has 0 bridgehead atoms. The minimum absolute atomic E-state index is 0.361. The van der Waals surface area contributed by atoms with Crippen molar-refractivity contribution in [2.24, 2.45) is 0 Å². The smallest absolute Gasteiger partial charge is 0.229 e. The summed E-state index contributed by atoms with van der Waals surface area (Å²) < 4.78 is 0. The van der Waals surface area contributed by atoms with Crippen molar-refractivity contribution in [1.82, 2.24) is 14.9 Å². The van der Waals surface area contributed by atoms with Crippen LogP contribution >= 0.6 is 0 Å². The molecule has 2 aromatic carbocycles. The van der Waals surface area contributed by atoms with Crippen molar-refractivity contribution in [3.63, 3.8) is 0 Å². The lowest BCUT2D eigenvalue weighted by Crippen LogP contribution is -2.26. The zero-order chi connectivity index (χ0) is 19.5. The third kappa shape index (κ3) is 3.87. The Morgan fingerprint density at radius 2 is 1.96 bits per heavy atom. The fourth-order valence-corrected chi connectivity index (χ4v) is 3.28. The number of likely N-dealkylation sites (N-methyl/N-ethyl adjacent to an activating group) is 1. The molecule has 0 amide bonds. The summed E-state index contributed by atoms with van der Waals surface area (Å²) in [6.45, 7) is 2.01. The lowest BCUT2D eigenvalue weighted by atomic mass is 9.99. The van der Waals surface area contributed by atoms with Gasteiger partial charge < -0.3 is 21.3 Å². The standard InChI is InChI=1S/C21H21N7/c1-28-8-7-14-5-6-19(9-15(14)13-28)26-21-24-12-16(11-22)20(27-21)25-18-4-2-3-17(23)10-18/h2-6,9-10,12H,7-8,13,23H2,1H3,(H2,24,25,26,27). The van der Waals surface area contributed by atoms with Crippen LogP contribution in [0.4, 0.5) is 28.8 Å². The Labute approximate surface area is 163 Å². The molecule has 0 saturated heterocycles. The van der Waals surface area contributed by atoms with Gasteiger partial charge in [-0.1, -0.05) is 12.1 Å². The molecule has 1 aliphatic heterocycles. The van der Waals surface area contributed by atoms with Gasteiger partial charge in [0.2, 0.25) is 5.95 Å². The summed E-state index contributed by atoms with van der Waals surface area (Å²) in [6, 6.07) is 15.7. The lowest BCUT2D eigenvalue weighted by Gasteiger charge is -2.25. The molecule has 0 spiro atoms. The zero-order valence-electron chi connectivity index (χ0n) is 15.6. The zero-order valence-corrected chi connectivity index (χ0v) is 15.6. The second-order valence-electron chi connectivity index (χ2n) is 6.91. The van der Waals surface area contributed by atoms with Crippen LogP contribution < -0.4 is 16.4 Å². The van der Waals surface area contributed by atoms with Crippen molar-refractivity contribution in [3.05, 3.63) is 65.4 Å². The Bertz CT molecular complexity index is 1050. The minimum Gasteiger partial charge on any atom is -0.399 e. The van der Waals surface area contributed by atoms with Gasteiger partial charge in [0.05, 0.1) is 6.20 Å². The van der Waals surface area contributed by atoms with E-state index in [9.17, 15) is 5.26 Å². The third-order valence-corrected chi connectivity index (χ3v) is 4.72. The monoisotopic (exact) mass is 371 g/mol. The number of fused-ring (bicyclic) bond motifs is 1. The molecule has 2 heterocycles. The van der Waals surface area contributed by atoms with Gasteiger partial charge >= 0.3 is 0 Å². The molecule has 0 fully saturated rings. The van der Waals surface area contributed by atoms with Crippen LogP contribution in [0.5, 0.6) is 0 Å². The summed E-state index contributed by atoms with van der Waals surface area (Å²) in [7, 11) is 2.13. The van der Waals surface area contributed by atoms with Gasteiger partial charge in [0.1, 0.15) is 11.6 Å². The van der Waals surface area contributed by atoms with Crippen LogP contribution in [0.15, 0.2) is 48.7 Å². The Morgan fingerprint density at radius 1 is 1.11 bits per heavy atom. The molecule has 4 N–H and O–H groups in total. The number of nitriles is 1. The average molecular weight is 371 g/mol. The number of anilines is 5. The van der Waals surface area contributed by atoms with Gasteiger partial charge in [-0.15, -0.1) is 0 Å². The predicted molar refractivity (Wildman–Crippen MR) is 111 cm³/mol. The summed E-state index contributed by atoms with van der Waals surface area (Å²) in [5, 5.41) is 15.8. The topological polar surface area (TPSA) is 103 Å². The van der Waals surface area contributed by atoms with Gasteiger partial charge in [0.25, 0.3) is 0 Å². The quantitative estimate of drug-likeness (QED) is 0.604. The van der Waals surface area contributed by atoms with E-state index in [0.29, 0.717) is 23.0 Å². The van der Waals surface area contributed by atoms with Crippen LogP contribution in [0.2, 0.25) is 0 Å². The SMILES string of the molecule is CN1CCc2ccc(Nc3ncc(C#N)c(Nc4cccc(N)c4)n3)cc2C1. The number of nitrogens with one attached hydrogen (secondary N) is 2. The fourth-order valence-electron chi connectivity index (χ4n) is 3.28. The van der Waals surface area contributed by atoms with E-state index in [2.05, 4.69) is 50.8 Å². The first-order valence-electron chi connectivity index (χ1n) is 9.08. The van der Waals surface area contributed by atoms with Crippen molar-refractivity contribution in [2.75, 3.05) is 30.0 Å². The highest BCUT2D eigenvalue weighted by molar-refractivity contribution is 5.67. The normalized spacial score (nSPS) is 13.4. The van der Waals surface area contributed by atoms with Crippen molar-refractivity contribution in [1.29, 1.82) is 5.26 Å². The Kier molecular flexibility index (Phi) is 4.79. The Morgan fingerprint density at radius 3 is 2.79 bits per heavy atom. The first-order chi connectivity index (χ1) is 13.6. The maximum absolute atomic E-state index is 9.37. The maximum atomic E-state index is 9.37. The average Bonchev–Trinajstić information content (AvgIpc) is 2.68. The molecule has 7 heteroatoms. The number of nitrogen functional groups attached to an aromatic ring is 1. The van der Waals surface area contributed by atoms with E-state index in [4.69, 9.17) is 5.73 Å². The van der Waals surface area contributed by atoms with Crippen LogP contribution in [0, 0.1) is 11.3 Å². The largest absolute Gasteiger partial charge is 0.399 e. The second kappa shape index (κ2) is 7.55. The van der Waals surface area contributed by atoms with Gasteiger partial charge in [-0.2, -0.15) is 10.2 Å². The summed E-state index contributed by atoms with van der Waals surface area (Å²) in [5.74, 6) is 0.859. The number of nitrogens with zero attached hydrogens (tertiary/aromatic N) is 4. The summed E-state index contributed by atoms with van der Waals surface area (Å²) >= 11 is 0. The summed E-state index contributed by atoms with van der Waals surface area (Å²) in [6.07, 6.45) is 2.57. The van der Waals surface area contributed by atoms with E-state index in [0.717, 1.165) is 30.9 Å². The molecule has 1 aromatic heterocycles. The number of benzene rings is 2. The van der Waals surface area contributed by atoms with Crippen LogP contribution in [0.25, 0.3) is 0 Å². The van der Waals surface area contributed by atoms with Gasteiger partial charge in [-0.3, -0.25) is 0 Å². The van der Waals surface area contributed by atoms with E-state index in [1.54, 1.807) is 12.1 Å². The van der Waals surface area contributed by atoms with E-state index in [1.807, 2.05) is 18.2 Å². The minimum atomic E-state index is 0.361. The van der Waals surface area contributed by atoms with Crippen LogP contribution in [-0.2, 0) is 13.0 Å². The number of hydrogen-bond donors (Lipinski definition) is 3. The molecule has 4 rings (SSSR count). The van der Waals surface area contributed by atoms with Crippen LogP contribution in [-0.4, -0.2) is 28.5 Å². The van der Waals surface area contributed by atoms with Gasteiger partial charge in [0, 0.05) is 30.2 Å². The third-order valence-electron chi connectivity index (χ3n) is 4.72. The van der Waals surface area contributed by atoms with Crippen LogP contribution in [0.3, 0.4) is 0 Å². The Balaban J connectivity index is 1.59. The number of aromatic nitrogens is 2. The highest BCUT2D eigenvalue weighted by Gasteiger charge is 2.14. The van der Waals surface area contributed by atoms with Crippen molar-refractivity contribution < 1.29 is 0 Å². The maximum Gasteiger partial charge on any atom is 0.229 e. The Hall–Kier alpha value is -3.63. The van der Waals surface area contributed by atoms with Crippen molar-refractivity contribution in [3.8, 4) is 6.07 Å². The lowest BCUT2D eigenvalue weighted by molar-refractivity contribution is 0.313. The van der Waals surface area contributed by atoms with E-state index in [-0.39, 0.29) is 0 Å². The highest BCUT2D eigenvalue weighted by Crippen LogP contribution is 2.25. The van der Waals surface area contributed by atoms with Crippen molar-refractivity contribution >= 4 is 28.8 Å². The molecule has 1 aliphatic rings. The molecular weight excluding hydrogens is 350 g/mol. The molecule has 0 unspecified atom stereocenters.